The van der Waals surface area contributed by atoms with Crippen LogP contribution < -0.4 is 20.3 Å². The summed E-state index contributed by atoms with van der Waals surface area (Å²) in [5.41, 5.74) is 3.38. The number of nitrogens with zero attached hydrogens (tertiary/aromatic N) is 2. The highest BCUT2D eigenvalue weighted by molar-refractivity contribution is 6.04. The summed E-state index contributed by atoms with van der Waals surface area (Å²) in [6.07, 6.45) is 4.14. The van der Waals surface area contributed by atoms with Crippen LogP contribution in [0.25, 0.3) is 0 Å². The number of methoxy groups -OCH3 is 1. The lowest BCUT2D eigenvalue weighted by atomic mass is 10.2. The lowest BCUT2D eigenvalue weighted by molar-refractivity contribution is 0.102. The van der Waals surface area contributed by atoms with Crippen molar-refractivity contribution in [1.82, 2.24) is 4.98 Å². The van der Waals surface area contributed by atoms with Crippen LogP contribution in [0.2, 0.25) is 0 Å². The van der Waals surface area contributed by atoms with Gasteiger partial charge in [0, 0.05) is 48.0 Å². The van der Waals surface area contributed by atoms with Gasteiger partial charge in [-0.1, -0.05) is 6.07 Å². The molecular weight excluding hydrogens is 364 g/mol. The number of anilines is 4. The molecule has 0 unspecified atom stereocenters. The molecule has 0 atom stereocenters. The van der Waals surface area contributed by atoms with Gasteiger partial charge in [0.15, 0.2) is 0 Å². The first kappa shape index (κ1) is 18.8. The van der Waals surface area contributed by atoms with Crippen LogP contribution in [-0.4, -0.2) is 31.1 Å². The van der Waals surface area contributed by atoms with Gasteiger partial charge in [0.2, 0.25) is 0 Å². The van der Waals surface area contributed by atoms with E-state index in [9.17, 15) is 4.79 Å². The Balaban J connectivity index is 1.43. The molecule has 1 aliphatic rings. The zero-order valence-electron chi connectivity index (χ0n) is 16.4. The van der Waals surface area contributed by atoms with Crippen LogP contribution in [0.15, 0.2) is 66.9 Å². The van der Waals surface area contributed by atoms with Crippen LogP contribution >= 0.6 is 0 Å². The fourth-order valence-corrected chi connectivity index (χ4v) is 3.42. The van der Waals surface area contributed by atoms with Crippen molar-refractivity contribution in [2.45, 2.75) is 12.8 Å². The smallest absolute Gasteiger partial charge is 0.255 e. The van der Waals surface area contributed by atoms with Gasteiger partial charge in [-0.3, -0.25) is 4.79 Å². The van der Waals surface area contributed by atoms with Gasteiger partial charge < -0.3 is 20.3 Å². The third kappa shape index (κ3) is 4.66. The van der Waals surface area contributed by atoms with Gasteiger partial charge in [0.25, 0.3) is 5.91 Å². The highest BCUT2D eigenvalue weighted by Gasteiger charge is 2.12. The van der Waals surface area contributed by atoms with Crippen molar-refractivity contribution in [3.63, 3.8) is 0 Å². The zero-order chi connectivity index (χ0) is 20.1. The summed E-state index contributed by atoms with van der Waals surface area (Å²) in [6.45, 7) is 2.25. The maximum Gasteiger partial charge on any atom is 0.255 e. The first-order valence-electron chi connectivity index (χ1n) is 9.75. The summed E-state index contributed by atoms with van der Waals surface area (Å²) >= 11 is 0. The SMILES string of the molecule is COc1cccc(NC(=O)c2ccnc(Nc3ccc(N4CCCC4)cc3)c2)c1. The molecule has 3 aromatic rings. The summed E-state index contributed by atoms with van der Waals surface area (Å²) in [6, 6.07) is 19.0. The second-order valence-electron chi connectivity index (χ2n) is 6.98. The Morgan fingerprint density at radius 3 is 2.55 bits per heavy atom. The molecule has 2 heterocycles. The predicted octanol–water partition coefficient (Wildman–Crippen LogP) is 4.69. The quantitative estimate of drug-likeness (QED) is 0.641. The van der Waals surface area contributed by atoms with Crippen LogP contribution in [-0.2, 0) is 0 Å². The minimum atomic E-state index is -0.201. The van der Waals surface area contributed by atoms with Gasteiger partial charge in [0.1, 0.15) is 11.6 Å². The molecule has 0 spiro atoms. The van der Waals surface area contributed by atoms with E-state index in [1.54, 1.807) is 31.5 Å². The highest BCUT2D eigenvalue weighted by Crippen LogP contribution is 2.24. The number of nitrogens with one attached hydrogen (secondary N) is 2. The Hall–Kier alpha value is -3.54. The van der Waals surface area contributed by atoms with Gasteiger partial charge in [-0.25, -0.2) is 4.98 Å². The van der Waals surface area contributed by atoms with E-state index in [4.69, 9.17) is 4.74 Å². The van der Waals surface area contributed by atoms with Crippen molar-refractivity contribution in [1.29, 1.82) is 0 Å². The average Bonchev–Trinajstić information content (AvgIpc) is 3.29. The van der Waals surface area contributed by atoms with E-state index < -0.39 is 0 Å². The van der Waals surface area contributed by atoms with Crippen molar-refractivity contribution in [3.8, 4) is 5.75 Å². The van der Waals surface area contributed by atoms with Crippen molar-refractivity contribution < 1.29 is 9.53 Å². The van der Waals surface area contributed by atoms with E-state index in [0.29, 0.717) is 22.8 Å². The lowest BCUT2D eigenvalue weighted by Gasteiger charge is -2.18. The Kier molecular flexibility index (Phi) is 5.61. The first-order valence-corrected chi connectivity index (χ1v) is 9.75. The molecule has 1 aromatic heterocycles. The molecule has 6 heteroatoms. The first-order chi connectivity index (χ1) is 14.2. The molecule has 0 saturated carbocycles. The van der Waals surface area contributed by atoms with E-state index in [1.165, 1.54) is 18.5 Å². The zero-order valence-corrected chi connectivity index (χ0v) is 16.4. The number of rotatable bonds is 6. The summed E-state index contributed by atoms with van der Waals surface area (Å²) in [5.74, 6) is 1.11. The topological polar surface area (TPSA) is 66.5 Å². The van der Waals surface area contributed by atoms with E-state index >= 15 is 0 Å². The largest absolute Gasteiger partial charge is 0.497 e. The molecule has 1 saturated heterocycles. The van der Waals surface area contributed by atoms with Gasteiger partial charge in [0.05, 0.1) is 7.11 Å². The second kappa shape index (κ2) is 8.65. The number of benzene rings is 2. The van der Waals surface area contributed by atoms with Gasteiger partial charge >= 0.3 is 0 Å². The minimum Gasteiger partial charge on any atom is -0.497 e. The van der Waals surface area contributed by atoms with Crippen LogP contribution in [0.3, 0.4) is 0 Å². The predicted molar refractivity (Wildman–Crippen MR) is 116 cm³/mol. The fourth-order valence-electron chi connectivity index (χ4n) is 3.42. The number of carbonyl (C=O) groups is 1. The van der Waals surface area contributed by atoms with Crippen LogP contribution in [0, 0.1) is 0 Å². The number of carbonyl (C=O) groups excluding carboxylic acids is 1. The molecule has 2 N–H and O–H groups in total. The number of hydrogen-bond acceptors (Lipinski definition) is 5. The maximum absolute atomic E-state index is 12.6. The second-order valence-corrected chi connectivity index (χ2v) is 6.98. The van der Waals surface area contributed by atoms with E-state index in [-0.39, 0.29) is 5.91 Å². The van der Waals surface area contributed by atoms with Gasteiger partial charge in [-0.15, -0.1) is 0 Å². The molecule has 29 heavy (non-hydrogen) atoms. The molecule has 0 aliphatic carbocycles. The van der Waals surface area contributed by atoms with Crippen molar-refractivity contribution in [2.75, 3.05) is 35.7 Å². The number of hydrogen-bond donors (Lipinski definition) is 2. The molecule has 0 bridgehead atoms. The lowest BCUT2D eigenvalue weighted by Crippen LogP contribution is -2.17. The number of pyridine rings is 1. The van der Waals surface area contributed by atoms with Crippen molar-refractivity contribution in [2.24, 2.45) is 0 Å². The average molecular weight is 388 g/mol. The van der Waals surface area contributed by atoms with Crippen molar-refractivity contribution >= 4 is 28.8 Å². The molecule has 1 fully saturated rings. The number of ether oxygens (including phenoxy) is 1. The molecule has 2 aromatic carbocycles. The van der Waals surface area contributed by atoms with Crippen LogP contribution in [0.4, 0.5) is 22.9 Å². The molecule has 1 amide bonds. The minimum absolute atomic E-state index is 0.201. The molecule has 4 rings (SSSR count). The Morgan fingerprint density at radius 2 is 1.79 bits per heavy atom. The number of aromatic nitrogens is 1. The van der Waals surface area contributed by atoms with E-state index in [1.807, 2.05) is 30.3 Å². The Labute approximate surface area is 170 Å². The molecule has 0 radical (unpaired) electrons. The normalized spacial score (nSPS) is 13.2. The third-order valence-electron chi connectivity index (χ3n) is 4.96. The molecule has 6 nitrogen and oxygen atoms in total. The maximum atomic E-state index is 12.6. The third-order valence-corrected chi connectivity index (χ3v) is 4.96. The van der Waals surface area contributed by atoms with Crippen molar-refractivity contribution in [3.05, 3.63) is 72.4 Å². The molecule has 1 aliphatic heterocycles. The van der Waals surface area contributed by atoms with E-state index in [2.05, 4.69) is 32.7 Å². The monoisotopic (exact) mass is 388 g/mol. The molecule has 148 valence electrons. The fraction of sp³-hybridized carbons (Fsp3) is 0.217. The van der Waals surface area contributed by atoms with Crippen LogP contribution in [0.5, 0.6) is 5.75 Å². The van der Waals surface area contributed by atoms with Gasteiger partial charge in [-0.05, 0) is 61.4 Å². The number of amides is 1. The van der Waals surface area contributed by atoms with Crippen LogP contribution in [0.1, 0.15) is 23.2 Å². The highest BCUT2D eigenvalue weighted by atomic mass is 16.5. The van der Waals surface area contributed by atoms with E-state index in [0.717, 1.165) is 18.8 Å². The summed E-state index contributed by atoms with van der Waals surface area (Å²) in [7, 11) is 1.60. The Bertz CT molecular complexity index is 982. The summed E-state index contributed by atoms with van der Waals surface area (Å²) in [5, 5.41) is 6.15. The summed E-state index contributed by atoms with van der Waals surface area (Å²) < 4.78 is 5.19. The Morgan fingerprint density at radius 1 is 1.00 bits per heavy atom. The van der Waals surface area contributed by atoms with Gasteiger partial charge in [-0.2, -0.15) is 0 Å². The summed E-state index contributed by atoms with van der Waals surface area (Å²) in [4.78, 5) is 19.3. The molecular formula is C23H24N4O2. The standard InChI is InChI=1S/C23H24N4O2/c1-29-21-6-4-5-19(16-21)26-23(28)17-11-12-24-22(15-17)25-18-7-9-20(10-8-18)27-13-2-3-14-27/h4-12,15-16H,2-3,13-14H2,1H3,(H,24,25)(H,26,28).